The molecule has 1 rings (SSSR count). The van der Waals surface area contributed by atoms with Crippen LogP contribution in [0.3, 0.4) is 0 Å². The predicted molar refractivity (Wildman–Crippen MR) is 72.6 cm³/mol. The number of carbonyl (C=O) groups is 2. The molecule has 6 nitrogen and oxygen atoms in total. The first-order valence-electron chi connectivity index (χ1n) is 6.28. The van der Waals surface area contributed by atoms with Crippen LogP contribution in [0.4, 0.5) is 9.18 Å². The van der Waals surface area contributed by atoms with E-state index in [2.05, 4.69) is 5.32 Å². The Morgan fingerprint density at radius 1 is 1.38 bits per heavy atom. The number of nitrogens with one attached hydrogen (secondary N) is 1. The first-order chi connectivity index (χ1) is 9.58. The molecule has 1 amide bonds. The number of carboxylic acids is 1. The van der Waals surface area contributed by atoms with Gasteiger partial charge in [-0.1, -0.05) is 6.07 Å². The van der Waals surface area contributed by atoms with Crippen LogP contribution in [0.2, 0.25) is 0 Å². The van der Waals surface area contributed by atoms with Gasteiger partial charge in [-0.15, -0.1) is 0 Å². The summed E-state index contributed by atoms with van der Waals surface area (Å²) in [5, 5.41) is 20.6. The van der Waals surface area contributed by atoms with Crippen LogP contribution in [-0.4, -0.2) is 33.9 Å². The van der Waals surface area contributed by atoms with Gasteiger partial charge in [0.15, 0.2) is 11.6 Å². The first kappa shape index (κ1) is 16.7. The lowest BCUT2D eigenvalue weighted by Crippen LogP contribution is -2.44. The molecular formula is C14H18FNO5. The molecule has 3 N–H and O–H groups in total. The first-order valence-corrected chi connectivity index (χ1v) is 6.28. The molecule has 0 aliphatic heterocycles. The lowest BCUT2D eigenvalue weighted by atomic mass is 10.1. The summed E-state index contributed by atoms with van der Waals surface area (Å²) in [4.78, 5) is 22.7. The van der Waals surface area contributed by atoms with Crippen molar-refractivity contribution in [3.8, 4) is 5.75 Å². The second-order valence-corrected chi connectivity index (χ2v) is 5.53. The Kier molecular flexibility index (Phi) is 5.12. The molecule has 116 valence electrons. The Morgan fingerprint density at radius 3 is 2.48 bits per heavy atom. The number of alkyl carbamates (subject to hydrolysis) is 1. The average molecular weight is 299 g/mol. The molecule has 0 aromatic heterocycles. The third kappa shape index (κ3) is 5.68. The van der Waals surface area contributed by atoms with Crippen molar-refractivity contribution in [2.45, 2.75) is 38.8 Å². The van der Waals surface area contributed by atoms with Crippen molar-refractivity contribution >= 4 is 12.1 Å². The van der Waals surface area contributed by atoms with E-state index >= 15 is 0 Å². The average Bonchev–Trinajstić information content (AvgIpc) is 2.30. The predicted octanol–water partition coefficient (Wildman–Crippen LogP) is 2.05. The third-order valence-corrected chi connectivity index (χ3v) is 2.44. The van der Waals surface area contributed by atoms with Crippen molar-refractivity contribution in [1.82, 2.24) is 5.32 Å². The van der Waals surface area contributed by atoms with Gasteiger partial charge in [0.25, 0.3) is 0 Å². The Morgan fingerprint density at radius 2 is 2.00 bits per heavy atom. The van der Waals surface area contributed by atoms with Gasteiger partial charge in [0, 0.05) is 6.42 Å². The summed E-state index contributed by atoms with van der Waals surface area (Å²) in [6.45, 7) is 4.96. The van der Waals surface area contributed by atoms with Crippen molar-refractivity contribution < 1.29 is 28.9 Å². The fourth-order valence-corrected chi connectivity index (χ4v) is 1.57. The number of ether oxygens (including phenoxy) is 1. The number of benzene rings is 1. The van der Waals surface area contributed by atoms with Gasteiger partial charge in [-0.25, -0.2) is 14.0 Å². The van der Waals surface area contributed by atoms with Crippen LogP contribution in [-0.2, 0) is 16.0 Å². The van der Waals surface area contributed by atoms with Crippen LogP contribution in [0.5, 0.6) is 5.75 Å². The summed E-state index contributed by atoms with van der Waals surface area (Å²) >= 11 is 0. The van der Waals surface area contributed by atoms with Gasteiger partial charge < -0.3 is 20.3 Å². The second-order valence-electron chi connectivity index (χ2n) is 5.53. The summed E-state index contributed by atoms with van der Waals surface area (Å²) in [6, 6.07) is 2.23. The van der Waals surface area contributed by atoms with E-state index in [0.29, 0.717) is 5.56 Å². The lowest BCUT2D eigenvalue weighted by molar-refractivity contribution is -0.139. The molecule has 1 unspecified atom stereocenters. The summed E-state index contributed by atoms with van der Waals surface area (Å²) in [7, 11) is 0. The highest BCUT2D eigenvalue weighted by Crippen LogP contribution is 2.18. The largest absolute Gasteiger partial charge is 0.505 e. The van der Waals surface area contributed by atoms with E-state index in [1.807, 2.05) is 0 Å². The van der Waals surface area contributed by atoms with Gasteiger partial charge in [0.05, 0.1) is 0 Å². The quantitative estimate of drug-likeness (QED) is 0.790. The number of rotatable bonds is 4. The van der Waals surface area contributed by atoms with Gasteiger partial charge in [-0.2, -0.15) is 0 Å². The molecule has 21 heavy (non-hydrogen) atoms. The fraction of sp³-hybridized carbons (Fsp3) is 0.429. The maximum atomic E-state index is 12.9. The van der Waals surface area contributed by atoms with E-state index in [4.69, 9.17) is 9.84 Å². The van der Waals surface area contributed by atoms with E-state index < -0.39 is 35.3 Å². The van der Waals surface area contributed by atoms with Crippen LogP contribution < -0.4 is 5.32 Å². The van der Waals surface area contributed by atoms with Crippen molar-refractivity contribution in [1.29, 1.82) is 0 Å². The van der Waals surface area contributed by atoms with Crippen LogP contribution in [0.25, 0.3) is 0 Å². The van der Waals surface area contributed by atoms with E-state index in [-0.39, 0.29) is 6.42 Å². The van der Waals surface area contributed by atoms with Crippen molar-refractivity contribution in [3.05, 3.63) is 29.6 Å². The number of amides is 1. The van der Waals surface area contributed by atoms with Gasteiger partial charge in [-0.3, -0.25) is 0 Å². The standard InChI is InChI=1S/C14H18FNO5/c1-14(2,3)21-13(20)16-10(12(18)19)6-8-4-5-9(15)11(17)7-8/h4-5,7,10,17H,6H2,1-3H3,(H,16,20)(H,18,19). The number of halogens is 1. The highest BCUT2D eigenvalue weighted by Gasteiger charge is 2.24. The van der Waals surface area contributed by atoms with Crippen molar-refractivity contribution in [2.24, 2.45) is 0 Å². The molecule has 0 bridgehead atoms. The molecule has 1 aromatic rings. The maximum Gasteiger partial charge on any atom is 0.408 e. The molecule has 0 saturated carbocycles. The number of phenolic OH excluding ortho intramolecular Hbond substituents is 1. The molecule has 0 spiro atoms. The van der Waals surface area contributed by atoms with E-state index in [1.165, 1.54) is 6.07 Å². The molecule has 1 atom stereocenters. The number of hydrogen-bond acceptors (Lipinski definition) is 4. The summed E-state index contributed by atoms with van der Waals surface area (Å²) in [5.41, 5.74) is -0.376. The zero-order chi connectivity index (χ0) is 16.2. The number of hydrogen-bond donors (Lipinski definition) is 3. The Labute approximate surface area is 121 Å². The molecular weight excluding hydrogens is 281 g/mol. The topological polar surface area (TPSA) is 95.9 Å². The number of carboxylic acid groups (broad SMARTS) is 1. The number of aliphatic carboxylic acids is 1. The maximum absolute atomic E-state index is 12.9. The van der Waals surface area contributed by atoms with E-state index in [0.717, 1.165) is 12.1 Å². The summed E-state index contributed by atoms with van der Waals surface area (Å²) in [6.07, 6.45) is -0.969. The van der Waals surface area contributed by atoms with Gasteiger partial charge >= 0.3 is 12.1 Å². The zero-order valence-electron chi connectivity index (χ0n) is 12.0. The smallest absolute Gasteiger partial charge is 0.408 e. The summed E-state index contributed by atoms with van der Waals surface area (Å²) in [5.74, 6) is -2.63. The molecule has 0 radical (unpaired) electrons. The molecule has 0 heterocycles. The molecule has 7 heteroatoms. The van der Waals surface area contributed by atoms with Crippen molar-refractivity contribution in [3.63, 3.8) is 0 Å². The minimum absolute atomic E-state index is 0.109. The summed E-state index contributed by atoms with van der Waals surface area (Å²) < 4.78 is 17.9. The minimum Gasteiger partial charge on any atom is -0.505 e. The number of carbonyl (C=O) groups excluding carboxylic acids is 1. The van der Waals surface area contributed by atoms with Gasteiger partial charge in [-0.05, 0) is 38.5 Å². The minimum atomic E-state index is -1.26. The highest BCUT2D eigenvalue weighted by molar-refractivity contribution is 5.80. The van der Waals surface area contributed by atoms with E-state index in [1.54, 1.807) is 20.8 Å². The van der Waals surface area contributed by atoms with Gasteiger partial charge in [0.1, 0.15) is 11.6 Å². The zero-order valence-corrected chi connectivity index (χ0v) is 12.0. The van der Waals surface area contributed by atoms with Gasteiger partial charge in [0.2, 0.25) is 0 Å². The number of phenols is 1. The van der Waals surface area contributed by atoms with Crippen molar-refractivity contribution in [2.75, 3.05) is 0 Å². The molecule has 0 aliphatic carbocycles. The van der Waals surface area contributed by atoms with Crippen LogP contribution in [0.1, 0.15) is 26.3 Å². The SMILES string of the molecule is CC(C)(C)OC(=O)NC(Cc1ccc(F)c(O)c1)C(=O)O. The van der Waals surface area contributed by atoms with Crippen LogP contribution in [0, 0.1) is 5.82 Å². The molecule has 0 aliphatic rings. The molecule has 1 aromatic carbocycles. The monoisotopic (exact) mass is 299 g/mol. The van der Waals surface area contributed by atoms with E-state index in [9.17, 15) is 19.1 Å². The number of aromatic hydroxyl groups is 1. The van der Waals surface area contributed by atoms with Crippen LogP contribution in [0.15, 0.2) is 18.2 Å². The third-order valence-electron chi connectivity index (χ3n) is 2.44. The Hall–Kier alpha value is -2.31. The molecule has 0 saturated heterocycles. The lowest BCUT2D eigenvalue weighted by Gasteiger charge is -2.22. The Bertz CT molecular complexity index is 539. The molecule has 0 fully saturated rings. The Balaban J connectivity index is 2.76. The fourth-order valence-electron chi connectivity index (χ4n) is 1.57. The van der Waals surface area contributed by atoms with Crippen LogP contribution >= 0.6 is 0 Å². The normalized spacial score (nSPS) is 12.6. The second kappa shape index (κ2) is 6.43. The highest BCUT2D eigenvalue weighted by atomic mass is 19.1.